The van der Waals surface area contributed by atoms with E-state index < -0.39 is 41.1 Å². The molecule has 2 aromatic rings. The number of hydrogen-bond donors (Lipinski definition) is 2. The van der Waals surface area contributed by atoms with Gasteiger partial charge in [-0.2, -0.15) is 15.5 Å². The minimum Gasteiger partial charge on any atom is -0.333 e. The molecule has 11 heteroatoms. The Kier molecular flexibility index (Phi) is 6.51. The van der Waals surface area contributed by atoms with Gasteiger partial charge >= 0.3 is 6.03 Å². The summed E-state index contributed by atoms with van der Waals surface area (Å²) in [6, 6.07) is 6.17. The van der Waals surface area contributed by atoms with Crippen molar-refractivity contribution >= 4 is 28.6 Å². The standard InChI is InChI=1S/C29H36FN7O3/c1-27(2,3)23(34-26(40)36-14-29(6,30)15-36)25(39)37-13-18-20(28(18,4)5)22(37)24(38)33-19(11-31)21-17-10-8-7-9-16(17)12-32-35-21/h7-10,12,18-20,22-23H,13-15H2,1-6H3,(H,33,38)(H,34,40)/t18-,19?,20-,22-,23?/m0/s1. The topological polar surface area (TPSA) is 131 Å². The fraction of sp³-hybridized carbons (Fsp3) is 0.586. The van der Waals surface area contributed by atoms with Crippen LogP contribution in [0.25, 0.3) is 10.8 Å². The summed E-state index contributed by atoms with van der Waals surface area (Å²) in [6.45, 7) is 11.4. The van der Waals surface area contributed by atoms with Crippen molar-refractivity contribution in [1.29, 1.82) is 5.26 Å². The van der Waals surface area contributed by atoms with E-state index >= 15 is 0 Å². The summed E-state index contributed by atoms with van der Waals surface area (Å²) in [5.74, 6) is -0.786. The third-order valence-corrected chi connectivity index (χ3v) is 8.76. The predicted molar refractivity (Wildman–Crippen MR) is 145 cm³/mol. The monoisotopic (exact) mass is 549 g/mol. The highest BCUT2D eigenvalue weighted by atomic mass is 19.1. The van der Waals surface area contributed by atoms with E-state index in [-0.39, 0.29) is 36.2 Å². The summed E-state index contributed by atoms with van der Waals surface area (Å²) in [6.07, 6.45) is 1.60. The zero-order chi connectivity index (χ0) is 29.2. The highest BCUT2D eigenvalue weighted by Gasteiger charge is 2.70. The van der Waals surface area contributed by atoms with Gasteiger partial charge in [0.15, 0.2) is 6.04 Å². The smallest absolute Gasteiger partial charge is 0.318 e. The normalized spacial score (nSPS) is 25.7. The molecule has 0 radical (unpaired) electrons. The Morgan fingerprint density at radius 3 is 2.45 bits per heavy atom. The van der Waals surface area contributed by atoms with Crippen LogP contribution in [0.5, 0.6) is 0 Å². The van der Waals surface area contributed by atoms with Crippen molar-refractivity contribution in [1.82, 2.24) is 30.6 Å². The molecule has 40 heavy (non-hydrogen) atoms. The number of hydrogen-bond acceptors (Lipinski definition) is 6. The zero-order valence-electron chi connectivity index (χ0n) is 23.7. The van der Waals surface area contributed by atoms with Gasteiger partial charge in [-0.3, -0.25) is 9.59 Å². The average Bonchev–Trinajstić information content (AvgIpc) is 3.20. The quantitative estimate of drug-likeness (QED) is 0.590. The summed E-state index contributed by atoms with van der Waals surface area (Å²) in [7, 11) is 0. The van der Waals surface area contributed by atoms with Gasteiger partial charge in [0.05, 0.1) is 25.4 Å². The van der Waals surface area contributed by atoms with E-state index in [0.29, 0.717) is 17.6 Å². The maximum Gasteiger partial charge on any atom is 0.318 e. The minimum absolute atomic E-state index is 0.0381. The van der Waals surface area contributed by atoms with E-state index in [9.17, 15) is 24.0 Å². The van der Waals surface area contributed by atoms with Gasteiger partial charge < -0.3 is 20.4 Å². The Hall–Kier alpha value is -3.81. The van der Waals surface area contributed by atoms with Crippen molar-refractivity contribution in [3.63, 3.8) is 0 Å². The van der Waals surface area contributed by atoms with Crippen LogP contribution in [0, 0.1) is 34.0 Å². The molecule has 2 saturated heterocycles. The summed E-state index contributed by atoms with van der Waals surface area (Å²) >= 11 is 0. The van der Waals surface area contributed by atoms with Crippen LogP contribution in [0.15, 0.2) is 30.5 Å². The Morgan fingerprint density at radius 1 is 1.15 bits per heavy atom. The van der Waals surface area contributed by atoms with Crippen LogP contribution in [0.3, 0.4) is 0 Å². The van der Waals surface area contributed by atoms with Crippen molar-refractivity contribution in [2.45, 2.75) is 65.3 Å². The van der Waals surface area contributed by atoms with Crippen LogP contribution in [0.2, 0.25) is 0 Å². The molecule has 1 aromatic carbocycles. The van der Waals surface area contributed by atoms with E-state index in [1.54, 1.807) is 11.1 Å². The number of piperidine rings is 1. The largest absolute Gasteiger partial charge is 0.333 e. The van der Waals surface area contributed by atoms with Crippen LogP contribution >= 0.6 is 0 Å². The number of alkyl halides is 1. The molecule has 3 heterocycles. The number of carbonyl (C=O) groups excluding carboxylic acids is 3. The van der Waals surface area contributed by atoms with Crippen LogP contribution < -0.4 is 10.6 Å². The number of likely N-dealkylation sites (tertiary alicyclic amines) is 2. The molecule has 212 valence electrons. The SMILES string of the molecule is CC1(F)CN(C(=O)NC(C(=O)N2C[C@H]3[C@@H]([C@H]2C(=O)NC(C#N)c2nncc4ccccc24)C3(C)C)C(C)(C)C)C1. The molecule has 10 nitrogen and oxygen atoms in total. The number of aromatic nitrogens is 2. The third kappa shape index (κ3) is 4.73. The Balaban J connectivity index is 1.39. The van der Waals surface area contributed by atoms with Gasteiger partial charge in [-0.25, -0.2) is 9.18 Å². The number of benzene rings is 1. The molecule has 4 amide bonds. The molecule has 1 aliphatic carbocycles. The molecule has 0 spiro atoms. The van der Waals surface area contributed by atoms with E-state index in [0.717, 1.165) is 5.39 Å². The molecule has 2 N–H and O–H groups in total. The Morgan fingerprint density at radius 2 is 1.82 bits per heavy atom. The molecule has 3 fully saturated rings. The first-order valence-electron chi connectivity index (χ1n) is 13.6. The second-order valence-corrected chi connectivity index (χ2v) is 13.3. The summed E-state index contributed by atoms with van der Waals surface area (Å²) in [5.41, 5.74) is -1.92. The Labute approximate surface area is 233 Å². The van der Waals surface area contributed by atoms with E-state index in [4.69, 9.17) is 0 Å². The number of rotatable bonds is 5. The predicted octanol–water partition coefficient (Wildman–Crippen LogP) is 2.96. The van der Waals surface area contributed by atoms with Gasteiger partial charge in [0.2, 0.25) is 11.8 Å². The van der Waals surface area contributed by atoms with Crippen LogP contribution in [-0.2, 0) is 9.59 Å². The number of carbonyl (C=O) groups is 3. The van der Waals surface area contributed by atoms with Gasteiger partial charge in [-0.1, -0.05) is 58.9 Å². The first kappa shape index (κ1) is 27.7. The molecular weight excluding hydrogens is 513 g/mol. The van der Waals surface area contributed by atoms with Crippen molar-refractivity contribution in [2.75, 3.05) is 19.6 Å². The van der Waals surface area contributed by atoms with Gasteiger partial charge in [-0.15, -0.1) is 0 Å². The maximum absolute atomic E-state index is 14.0. The molecule has 1 saturated carbocycles. The number of nitrogens with zero attached hydrogens (tertiary/aromatic N) is 5. The summed E-state index contributed by atoms with van der Waals surface area (Å²) < 4.78 is 14.0. The molecule has 1 aromatic heterocycles. The van der Waals surface area contributed by atoms with Gasteiger partial charge in [-0.05, 0) is 29.6 Å². The second kappa shape index (κ2) is 9.39. The number of nitriles is 1. The van der Waals surface area contributed by atoms with Gasteiger partial charge in [0, 0.05) is 17.3 Å². The number of fused-ring (bicyclic) bond motifs is 2. The fourth-order valence-corrected chi connectivity index (χ4v) is 6.39. The maximum atomic E-state index is 14.0. The molecule has 2 aliphatic heterocycles. The number of amides is 4. The van der Waals surface area contributed by atoms with Crippen LogP contribution in [-0.4, -0.2) is 75.2 Å². The molecule has 5 atom stereocenters. The fourth-order valence-electron chi connectivity index (χ4n) is 6.39. The van der Waals surface area contributed by atoms with Crippen molar-refractivity contribution in [3.05, 3.63) is 36.2 Å². The highest BCUT2D eigenvalue weighted by Crippen LogP contribution is 2.65. The van der Waals surface area contributed by atoms with Crippen molar-refractivity contribution in [3.8, 4) is 6.07 Å². The molecule has 3 aliphatic rings. The van der Waals surface area contributed by atoms with Crippen molar-refractivity contribution < 1.29 is 18.8 Å². The summed E-state index contributed by atoms with van der Waals surface area (Å²) in [5, 5.41) is 25.3. The minimum atomic E-state index is -1.44. The van der Waals surface area contributed by atoms with E-state index in [1.165, 1.54) is 11.8 Å². The molecule has 0 bridgehead atoms. The second-order valence-electron chi connectivity index (χ2n) is 13.3. The van der Waals surface area contributed by atoms with Gasteiger partial charge in [0.25, 0.3) is 0 Å². The van der Waals surface area contributed by atoms with Crippen LogP contribution in [0.4, 0.5) is 9.18 Å². The lowest BCUT2D eigenvalue weighted by molar-refractivity contribution is -0.144. The lowest BCUT2D eigenvalue weighted by Gasteiger charge is -2.44. The zero-order valence-corrected chi connectivity index (χ0v) is 23.7. The number of halogens is 1. The molecular formula is C29H36FN7O3. The molecule has 5 rings (SSSR count). The first-order valence-corrected chi connectivity index (χ1v) is 13.6. The lowest BCUT2D eigenvalue weighted by atomic mass is 9.85. The summed E-state index contributed by atoms with van der Waals surface area (Å²) in [4.78, 5) is 43.6. The van der Waals surface area contributed by atoms with E-state index in [1.807, 2.05) is 45.0 Å². The van der Waals surface area contributed by atoms with Gasteiger partial charge in [0.1, 0.15) is 23.4 Å². The lowest BCUT2D eigenvalue weighted by Crippen LogP contribution is -2.65. The first-order chi connectivity index (χ1) is 18.7. The van der Waals surface area contributed by atoms with E-state index in [2.05, 4.69) is 40.7 Å². The highest BCUT2D eigenvalue weighted by molar-refractivity contribution is 5.94. The number of urea groups is 1. The molecule has 2 unspecified atom stereocenters. The van der Waals surface area contributed by atoms with Crippen LogP contribution in [0.1, 0.15) is 53.3 Å². The number of nitrogens with one attached hydrogen (secondary N) is 2. The van der Waals surface area contributed by atoms with Crippen molar-refractivity contribution in [2.24, 2.45) is 22.7 Å². The Bertz CT molecular complexity index is 1400. The third-order valence-electron chi connectivity index (χ3n) is 8.76. The average molecular weight is 550 g/mol.